The molecule has 3 nitrogen and oxygen atoms in total. The minimum Gasteiger partial charge on any atom is -0.338 e. The summed E-state index contributed by atoms with van der Waals surface area (Å²) in [5, 5.41) is 3.36. The molecule has 0 fully saturated rings. The van der Waals surface area contributed by atoms with Crippen molar-refractivity contribution in [1.29, 1.82) is 0 Å². The van der Waals surface area contributed by atoms with Gasteiger partial charge in [0.1, 0.15) is 0 Å². The molecule has 0 spiro atoms. The Hall–Kier alpha value is -2.42. The van der Waals surface area contributed by atoms with E-state index in [0.29, 0.717) is 0 Å². The van der Waals surface area contributed by atoms with Gasteiger partial charge in [0.25, 0.3) is 0 Å². The largest absolute Gasteiger partial charge is 0.338 e. The Bertz CT molecular complexity index is 735. The third-order valence-corrected chi connectivity index (χ3v) is 3.14. The molecule has 0 aliphatic heterocycles. The van der Waals surface area contributed by atoms with Crippen LogP contribution in [0.15, 0.2) is 48.5 Å². The van der Waals surface area contributed by atoms with Gasteiger partial charge in [0.2, 0.25) is 0 Å². The molecule has 1 heterocycles. The molecular weight excluding hydrogens is 234 g/mol. The Kier molecular flexibility index (Phi) is 2.88. The summed E-state index contributed by atoms with van der Waals surface area (Å²) >= 11 is 0. The van der Waals surface area contributed by atoms with Gasteiger partial charge in [0.05, 0.1) is 16.7 Å². The van der Waals surface area contributed by atoms with Crippen LogP contribution in [-0.2, 0) is 0 Å². The van der Waals surface area contributed by atoms with Crippen LogP contribution in [0.1, 0.15) is 11.3 Å². The fraction of sp³-hybridized carbons (Fsp3) is 0.125. The lowest BCUT2D eigenvalue weighted by molar-refractivity contribution is 1.18. The van der Waals surface area contributed by atoms with Gasteiger partial charge < -0.3 is 5.32 Å². The third-order valence-electron chi connectivity index (χ3n) is 3.14. The molecule has 19 heavy (non-hydrogen) atoms. The lowest BCUT2D eigenvalue weighted by atomic mass is 10.2. The topological polar surface area (TPSA) is 37.8 Å². The summed E-state index contributed by atoms with van der Waals surface area (Å²) in [6.07, 6.45) is 0. The van der Waals surface area contributed by atoms with Crippen molar-refractivity contribution < 1.29 is 0 Å². The fourth-order valence-electron chi connectivity index (χ4n) is 2.05. The molecule has 1 N–H and O–H groups in total. The Morgan fingerprint density at radius 1 is 0.789 bits per heavy atom. The molecule has 3 rings (SSSR count). The molecular formula is C16H15N3. The van der Waals surface area contributed by atoms with Crippen LogP contribution >= 0.6 is 0 Å². The molecule has 1 aromatic heterocycles. The predicted molar refractivity (Wildman–Crippen MR) is 78.7 cm³/mol. The Labute approximate surface area is 112 Å². The van der Waals surface area contributed by atoms with E-state index in [1.807, 2.05) is 49.4 Å². The number of para-hydroxylation sites is 3. The van der Waals surface area contributed by atoms with Crippen molar-refractivity contribution in [2.45, 2.75) is 13.8 Å². The first-order valence-electron chi connectivity index (χ1n) is 6.30. The maximum absolute atomic E-state index is 4.64. The Morgan fingerprint density at radius 2 is 1.42 bits per heavy atom. The minimum atomic E-state index is 0.813. The molecule has 0 atom stereocenters. The highest BCUT2D eigenvalue weighted by atomic mass is 15.0. The number of anilines is 2. The monoisotopic (exact) mass is 249 g/mol. The number of hydrogen-bond donors (Lipinski definition) is 1. The van der Waals surface area contributed by atoms with Gasteiger partial charge in [-0.3, -0.25) is 0 Å². The van der Waals surface area contributed by atoms with Crippen molar-refractivity contribution in [3.05, 3.63) is 59.8 Å². The minimum absolute atomic E-state index is 0.813. The highest BCUT2D eigenvalue weighted by Gasteiger charge is 2.06. The van der Waals surface area contributed by atoms with Crippen molar-refractivity contribution >= 4 is 22.5 Å². The molecule has 3 heteroatoms. The zero-order valence-electron chi connectivity index (χ0n) is 11.0. The van der Waals surface area contributed by atoms with E-state index in [0.717, 1.165) is 28.2 Å². The molecule has 0 saturated heterocycles. The summed E-state index contributed by atoms with van der Waals surface area (Å²) in [5.74, 6) is 0.813. The molecule has 0 saturated carbocycles. The second-order valence-electron chi connectivity index (χ2n) is 4.59. The van der Waals surface area contributed by atoms with E-state index in [9.17, 15) is 0 Å². The van der Waals surface area contributed by atoms with E-state index in [4.69, 9.17) is 0 Å². The van der Waals surface area contributed by atoms with E-state index in [1.54, 1.807) is 0 Å². The van der Waals surface area contributed by atoms with Crippen LogP contribution in [0.2, 0.25) is 0 Å². The number of aromatic nitrogens is 2. The first-order chi connectivity index (χ1) is 9.24. The summed E-state index contributed by atoms with van der Waals surface area (Å²) < 4.78 is 0. The van der Waals surface area contributed by atoms with Gasteiger partial charge in [-0.1, -0.05) is 30.3 Å². The Balaban J connectivity index is 2.06. The second-order valence-corrected chi connectivity index (χ2v) is 4.59. The Morgan fingerprint density at radius 3 is 2.16 bits per heavy atom. The van der Waals surface area contributed by atoms with Gasteiger partial charge in [-0.15, -0.1) is 0 Å². The number of benzene rings is 2. The van der Waals surface area contributed by atoms with Gasteiger partial charge in [0, 0.05) is 5.69 Å². The summed E-state index contributed by atoms with van der Waals surface area (Å²) in [4.78, 5) is 9.21. The molecule has 0 unspecified atom stereocenters. The normalized spacial score (nSPS) is 10.6. The molecule has 0 amide bonds. The van der Waals surface area contributed by atoms with Gasteiger partial charge in [-0.25, -0.2) is 9.97 Å². The number of aryl methyl sites for hydroxylation is 2. The van der Waals surface area contributed by atoms with Crippen LogP contribution in [0.25, 0.3) is 11.0 Å². The van der Waals surface area contributed by atoms with E-state index < -0.39 is 0 Å². The van der Waals surface area contributed by atoms with Crippen LogP contribution < -0.4 is 5.32 Å². The number of hydrogen-bond acceptors (Lipinski definition) is 3. The van der Waals surface area contributed by atoms with Gasteiger partial charge in [-0.2, -0.15) is 0 Å². The average Bonchev–Trinajstić information content (AvgIpc) is 2.42. The molecule has 3 aromatic rings. The zero-order chi connectivity index (χ0) is 13.2. The zero-order valence-corrected chi connectivity index (χ0v) is 11.0. The lowest BCUT2D eigenvalue weighted by Gasteiger charge is -2.11. The maximum Gasteiger partial charge on any atom is 0.152 e. The summed E-state index contributed by atoms with van der Waals surface area (Å²) in [6.45, 7) is 4.05. The standard InChI is InChI=1S/C16H15N3/c1-11-7-3-4-8-13(11)18-16-12(2)17-14-9-5-6-10-15(14)19-16/h3-10H,1-2H3,(H,18,19). The number of fused-ring (bicyclic) bond motifs is 1. The first kappa shape index (κ1) is 11.7. The number of nitrogens with one attached hydrogen (secondary N) is 1. The van der Waals surface area contributed by atoms with E-state index in [1.165, 1.54) is 5.56 Å². The predicted octanol–water partition coefficient (Wildman–Crippen LogP) is 3.99. The van der Waals surface area contributed by atoms with Crippen molar-refractivity contribution in [3.8, 4) is 0 Å². The highest BCUT2D eigenvalue weighted by molar-refractivity contribution is 5.77. The molecule has 0 bridgehead atoms. The van der Waals surface area contributed by atoms with Gasteiger partial charge in [0.15, 0.2) is 5.82 Å². The van der Waals surface area contributed by atoms with Crippen LogP contribution in [-0.4, -0.2) is 9.97 Å². The summed E-state index contributed by atoms with van der Waals surface area (Å²) in [5.41, 5.74) is 4.99. The van der Waals surface area contributed by atoms with Crippen LogP contribution in [0.3, 0.4) is 0 Å². The second kappa shape index (κ2) is 4.69. The summed E-state index contributed by atoms with van der Waals surface area (Å²) in [7, 11) is 0. The van der Waals surface area contributed by atoms with E-state index >= 15 is 0 Å². The fourth-order valence-corrected chi connectivity index (χ4v) is 2.05. The van der Waals surface area contributed by atoms with Crippen LogP contribution in [0.4, 0.5) is 11.5 Å². The summed E-state index contributed by atoms with van der Waals surface area (Å²) in [6, 6.07) is 16.1. The quantitative estimate of drug-likeness (QED) is 0.746. The highest BCUT2D eigenvalue weighted by Crippen LogP contribution is 2.22. The first-order valence-corrected chi connectivity index (χ1v) is 6.30. The van der Waals surface area contributed by atoms with E-state index in [2.05, 4.69) is 28.3 Å². The number of nitrogens with zero attached hydrogens (tertiary/aromatic N) is 2. The van der Waals surface area contributed by atoms with Crippen LogP contribution in [0, 0.1) is 13.8 Å². The molecule has 0 aliphatic rings. The van der Waals surface area contributed by atoms with Crippen LogP contribution in [0.5, 0.6) is 0 Å². The molecule has 2 aromatic carbocycles. The van der Waals surface area contributed by atoms with Crippen molar-refractivity contribution in [1.82, 2.24) is 9.97 Å². The SMILES string of the molecule is Cc1ccccc1Nc1nc2ccccc2nc1C. The average molecular weight is 249 g/mol. The smallest absolute Gasteiger partial charge is 0.152 e. The third kappa shape index (κ3) is 2.27. The van der Waals surface area contributed by atoms with Crippen molar-refractivity contribution in [3.63, 3.8) is 0 Å². The maximum atomic E-state index is 4.64. The number of rotatable bonds is 2. The van der Waals surface area contributed by atoms with Crippen molar-refractivity contribution in [2.75, 3.05) is 5.32 Å². The molecule has 0 aliphatic carbocycles. The molecule has 94 valence electrons. The van der Waals surface area contributed by atoms with Gasteiger partial charge >= 0.3 is 0 Å². The lowest BCUT2D eigenvalue weighted by Crippen LogP contribution is -2.00. The van der Waals surface area contributed by atoms with Gasteiger partial charge in [-0.05, 0) is 37.6 Å². The van der Waals surface area contributed by atoms with Crippen molar-refractivity contribution in [2.24, 2.45) is 0 Å². The van der Waals surface area contributed by atoms with E-state index in [-0.39, 0.29) is 0 Å². The molecule has 0 radical (unpaired) electrons.